The lowest BCUT2D eigenvalue weighted by atomic mass is 10.0. The highest BCUT2D eigenvalue weighted by molar-refractivity contribution is 5.99. The van der Waals surface area contributed by atoms with Crippen molar-refractivity contribution in [2.75, 3.05) is 0 Å². The van der Waals surface area contributed by atoms with Crippen LogP contribution < -0.4 is 0 Å². The van der Waals surface area contributed by atoms with Crippen molar-refractivity contribution in [2.24, 2.45) is 0 Å². The quantitative estimate of drug-likeness (QED) is 0.752. The third-order valence-electron chi connectivity index (χ3n) is 2.94. The summed E-state index contributed by atoms with van der Waals surface area (Å²) in [6, 6.07) is 9.13. The normalized spacial score (nSPS) is 23.4. The highest BCUT2D eigenvalue weighted by Gasteiger charge is 2.42. The summed E-state index contributed by atoms with van der Waals surface area (Å²) in [7, 11) is 0. The summed E-state index contributed by atoms with van der Waals surface area (Å²) in [4.78, 5) is 24.7. The van der Waals surface area contributed by atoms with Crippen molar-refractivity contribution < 1.29 is 14.3 Å². The smallest absolute Gasteiger partial charge is 0.417 e. The first-order valence-corrected chi connectivity index (χ1v) is 5.86. The Labute approximate surface area is 106 Å². The molecular formula is C14H15NO3. The lowest BCUT2D eigenvalue weighted by Crippen LogP contribution is -2.36. The maximum Gasteiger partial charge on any atom is 0.417 e. The summed E-state index contributed by atoms with van der Waals surface area (Å²) in [6.07, 6.45) is 2.00. The minimum atomic E-state index is -0.584. The van der Waals surface area contributed by atoms with Crippen LogP contribution in [-0.4, -0.2) is 22.9 Å². The van der Waals surface area contributed by atoms with Gasteiger partial charge >= 0.3 is 6.09 Å². The Morgan fingerprint density at radius 3 is 2.61 bits per heavy atom. The number of allylic oxidation sites excluding steroid dienone is 1. The Morgan fingerprint density at radius 2 is 2.00 bits per heavy atom. The van der Waals surface area contributed by atoms with Crippen LogP contribution >= 0.6 is 0 Å². The molecule has 2 rings (SSSR count). The third kappa shape index (κ3) is 2.14. The number of cyclic esters (lactones) is 1. The Kier molecular flexibility index (Phi) is 3.46. The first-order chi connectivity index (χ1) is 8.65. The second-order valence-corrected chi connectivity index (χ2v) is 4.16. The van der Waals surface area contributed by atoms with Gasteiger partial charge in [-0.1, -0.05) is 36.4 Å². The minimum absolute atomic E-state index is 0.302. The fraction of sp³-hybridized carbons (Fsp3) is 0.286. The number of carbonyl (C=O) groups excluding carboxylic acids is 2. The maximum atomic E-state index is 11.8. The van der Waals surface area contributed by atoms with Crippen LogP contribution in [0.2, 0.25) is 0 Å². The summed E-state index contributed by atoms with van der Waals surface area (Å²) in [6.45, 7) is 3.54. The molecule has 1 aliphatic rings. The molecule has 18 heavy (non-hydrogen) atoms. The Balaban J connectivity index is 2.24. The molecule has 2 atom stereocenters. The predicted molar refractivity (Wildman–Crippen MR) is 66.8 cm³/mol. The molecule has 0 aliphatic carbocycles. The van der Waals surface area contributed by atoms with Crippen LogP contribution in [0.1, 0.15) is 25.5 Å². The average Bonchev–Trinajstić information content (AvgIpc) is 2.66. The minimum Gasteiger partial charge on any atom is -0.439 e. The first-order valence-electron chi connectivity index (χ1n) is 5.86. The number of amides is 2. The summed E-state index contributed by atoms with van der Waals surface area (Å²) < 4.78 is 5.27. The summed E-state index contributed by atoms with van der Waals surface area (Å²) in [5, 5.41) is 0. The molecule has 0 N–H and O–H groups in total. The fourth-order valence-corrected chi connectivity index (χ4v) is 2.07. The molecule has 4 heteroatoms. The van der Waals surface area contributed by atoms with Crippen LogP contribution in [0.25, 0.3) is 0 Å². The van der Waals surface area contributed by atoms with Gasteiger partial charge in [-0.05, 0) is 25.5 Å². The second kappa shape index (κ2) is 5.04. The number of hydrogen-bond acceptors (Lipinski definition) is 3. The summed E-state index contributed by atoms with van der Waals surface area (Å²) in [5.74, 6) is -0.339. The number of nitrogens with zero attached hydrogens (tertiary/aromatic N) is 1. The molecule has 0 radical (unpaired) electrons. The zero-order chi connectivity index (χ0) is 13.1. The van der Waals surface area contributed by atoms with E-state index in [0.717, 1.165) is 10.5 Å². The monoisotopic (exact) mass is 245 g/mol. The van der Waals surface area contributed by atoms with E-state index >= 15 is 0 Å². The first kappa shape index (κ1) is 12.4. The number of benzene rings is 1. The molecule has 2 amide bonds. The highest BCUT2D eigenvalue weighted by atomic mass is 16.6. The zero-order valence-electron chi connectivity index (χ0n) is 10.4. The molecule has 4 nitrogen and oxygen atoms in total. The van der Waals surface area contributed by atoms with E-state index in [9.17, 15) is 9.59 Å². The molecule has 1 saturated heterocycles. The van der Waals surface area contributed by atoms with Gasteiger partial charge in [-0.25, -0.2) is 9.69 Å². The SMILES string of the molecule is CC=CC(=O)N1C(=O)O[C@H](c2ccccc2)[C@H]1C. The van der Waals surface area contributed by atoms with Crippen LogP contribution in [0.15, 0.2) is 42.5 Å². The molecular weight excluding hydrogens is 230 g/mol. The van der Waals surface area contributed by atoms with Crippen molar-refractivity contribution in [3.05, 3.63) is 48.0 Å². The Hall–Kier alpha value is -2.10. The van der Waals surface area contributed by atoms with E-state index in [-0.39, 0.29) is 11.9 Å². The summed E-state index contributed by atoms with van der Waals surface area (Å²) >= 11 is 0. The van der Waals surface area contributed by atoms with E-state index < -0.39 is 12.2 Å². The summed E-state index contributed by atoms with van der Waals surface area (Å²) in [5.41, 5.74) is 0.897. The van der Waals surface area contributed by atoms with E-state index in [1.54, 1.807) is 13.0 Å². The van der Waals surface area contributed by atoms with Crippen molar-refractivity contribution in [2.45, 2.75) is 26.0 Å². The van der Waals surface area contributed by atoms with Crippen LogP contribution in [0.5, 0.6) is 0 Å². The van der Waals surface area contributed by atoms with Gasteiger partial charge in [0.25, 0.3) is 5.91 Å². The highest BCUT2D eigenvalue weighted by Crippen LogP contribution is 2.32. The van der Waals surface area contributed by atoms with Gasteiger partial charge in [-0.15, -0.1) is 0 Å². The van der Waals surface area contributed by atoms with Crippen molar-refractivity contribution in [3.63, 3.8) is 0 Å². The van der Waals surface area contributed by atoms with Gasteiger partial charge in [0, 0.05) is 0 Å². The van der Waals surface area contributed by atoms with Crippen LogP contribution in [0, 0.1) is 0 Å². The molecule has 1 aromatic carbocycles. The Bertz CT molecular complexity index is 481. The van der Waals surface area contributed by atoms with Gasteiger partial charge in [-0.3, -0.25) is 4.79 Å². The van der Waals surface area contributed by atoms with Crippen LogP contribution in [-0.2, 0) is 9.53 Å². The van der Waals surface area contributed by atoms with E-state index in [1.165, 1.54) is 6.08 Å². The Morgan fingerprint density at radius 1 is 1.33 bits per heavy atom. The average molecular weight is 245 g/mol. The second-order valence-electron chi connectivity index (χ2n) is 4.16. The third-order valence-corrected chi connectivity index (χ3v) is 2.94. The molecule has 1 aromatic rings. The fourth-order valence-electron chi connectivity index (χ4n) is 2.07. The van der Waals surface area contributed by atoms with Gasteiger partial charge in [0.15, 0.2) is 0 Å². The molecule has 0 saturated carbocycles. The topological polar surface area (TPSA) is 46.6 Å². The number of ether oxygens (including phenoxy) is 1. The standard InChI is InChI=1S/C14H15NO3/c1-3-7-12(16)15-10(2)13(18-14(15)17)11-8-5-4-6-9-11/h3-10,13H,1-2H3/t10-,13+/m1/s1. The van der Waals surface area contributed by atoms with E-state index in [2.05, 4.69) is 0 Å². The molecule has 94 valence electrons. The van der Waals surface area contributed by atoms with Crippen molar-refractivity contribution >= 4 is 12.0 Å². The maximum absolute atomic E-state index is 11.8. The number of hydrogen-bond donors (Lipinski definition) is 0. The molecule has 1 aliphatic heterocycles. The van der Waals surface area contributed by atoms with E-state index in [4.69, 9.17) is 4.74 Å². The predicted octanol–water partition coefficient (Wildman–Crippen LogP) is 2.67. The molecule has 1 fully saturated rings. The molecule has 0 bridgehead atoms. The van der Waals surface area contributed by atoms with E-state index in [0.29, 0.717) is 0 Å². The van der Waals surface area contributed by atoms with Gasteiger partial charge in [-0.2, -0.15) is 0 Å². The van der Waals surface area contributed by atoms with E-state index in [1.807, 2.05) is 37.3 Å². The van der Waals surface area contributed by atoms with Gasteiger partial charge < -0.3 is 4.74 Å². The van der Waals surface area contributed by atoms with Crippen molar-refractivity contribution in [1.82, 2.24) is 4.90 Å². The lowest BCUT2D eigenvalue weighted by Gasteiger charge is -2.17. The number of imide groups is 1. The van der Waals surface area contributed by atoms with Gasteiger partial charge in [0.1, 0.15) is 6.10 Å². The molecule has 0 aromatic heterocycles. The zero-order valence-corrected chi connectivity index (χ0v) is 10.4. The number of rotatable bonds is 2. The van der Waals surface area contributed by atoms with Crippen molar-refractivity contribution in [1.29, 1.82) is 0 Å². The largest absolute Gasteiger partial charge is 0.439 e. The molecule has 1 heterocycles. The number of carbonyl (C=O) groups is 2. The van der Waals surface area contributed by atoms with Gasteiger partial charge in [0.05, 0.1) is 6.04 Å². The van der Waals surface area contributed by atoms with Gasteiger partial charge in [0.2, 0.25) is 0 Å². The van der Waals surface area contributed by atoms with Crippen LogP contribution in [0.3, 0.4) is 0 Å². The molecule has 0 spiro atoms. The van der Waals surface area contributed by atoms with Crippen molar-refractivity contribution in [3.8, 4) is 0 Å². The molecule has 0 unspecified atom stereocenters. The lowest BCUT2D eigenvalue weighted by molar-refractivity contribution is -0.124. The van der Waals surface area contributed by atoms with Crippen LogP contribution in [0.4, 0.5) is 4.79 Å².